The number of amides is 3. The van der Waals surface area contributed by atoms with E-state index >= 15 is 0 Å². The van der Waals surface area contributed by atoms with Crippen LogP contribution < -0.4 is 16.0 Å². The van der Waals surface area contributed by atoms with E-state index in [0.29, 0.717) is 49.0 Å². The maximum absolute atomic E-state index is 13.2. The zero-order valence-corrected chi connectivity index (χ0v) is 19.9. The minimum atomic E-state index is -0.724. The van der Waals surface area contributed by atoms with Crippen LogP contribution in [0, 0.1) is 18.3 Å². The molecule has 0 unspecified atom stereocenters. The third-order valence-electron chi connectivity index (χ3n) is 6.60. The van der Waals surface area contributed by atoms with Gasteiger partial charge in [0.25, 0.3) is 5.91 Å². The standard InChI is InChI=1S/C27H31N5O3/c1-18-4-8-20(9-5-18)22-15-24(22)29-12-2-3-23(27(35)32-14-13-30-25(33)17-32)31-26(34)21-10-6-19(16-28)7-11-21/h4-11,22-24,29H,2-3,12-15,17H2,1H3,(H,30,33)(H,31,34)/t22-,23-,24+/m0/s1. The van der Waals surface area contributed by atoms with Gasteiger partial charge in [-0.1, -0.05) is 29.8 Å². The number of hydrogen-bond acceptors (Lipinski definition) is 5. The molecule has 2 aliphatic rings. The number of aryl methyl sites for hydroxylation is 1. The Bertz CT molecular complexity index is 1110. The highest BCUT2D eigenvalue weighted by Crippen LogP contribution is 2.40. The molecular weight excluding hydrogens is 442 g/mol. The van der Waals surface area contributed by atoms with Crippen LogP contribution in [0.1, 0.15) is 52.2 Å². The van der Waals surface area contributed by atoms with Crippen molar-refractivity contribution in [1.29, 1.82) is 5.26 Å². The number of benzene rings is 2. The highest BCUT2D eigenvalue weighted by atomic mass is 16.2. The third-order valence-corrected chi connectivity index (χ3v) is 6.60. The summed E-state index contributed by atoms with van der Waals surface area (Å²) in [6.07, 6.45) is 2.28. The summed E-state index contributed by atoms with van der Waals surface area (Å²) in [6.45, 7) is 3.65. The van der Waals surface area contributed by atoms with Crippen LogP contribution in [0.25, 0.3) is 0 Å². The molecule has 0 bridgehead atoms. The number of nitrogens with zero attached hydrogens (tertiary/aromatic N) is 2. The van der Waals surface area contributed by atoms with Gasteiger partial charge >= 0.3 is 0 Å². The summed E-state index contributed by atoms with van der Waals surface area (Å²) in [4.78, 5) is 39.3. The lowest BCUT2D eigenvalue weighted by Gasteiger charge is -2.30. The van der Waals surface area contributed by atoms with Crippen LogP contribution in [0.2, 0.25) is 0 Å². The Morgan fingerprint density at radius 2 is 1.91 bits per heavy atom. The zero-order chi connectivity index (χ0) is 24.8. The summed E-state index contributed by atoms with van der Waals surface area (Å²) in [6, 6.07) is 16.7. The lowest BCUT2D eigenvalue weighted by molar-refractivity contribution is -0.139. The molecule has 8 nitrogen and oxygen atoms in total. The Morgan fingerprint density at radius 1 is 1.17 bits per heavy atom. The van der Waals surface area contributed by atoms with Gasteiger partial charge in [-0.3, -0.25) is 14.4 Å². The van der Waals surface area contributed by atoms with Crippen molar-refractivity contribution in [3.63, 3.8) is 0 Å². The van der Waals surface area contributed by atoms with Gasteiger partial charge in [0.1, 0.15) is 6.04 Å². The quantitative estimate of drug-likeness (QED) is 0.481. The second-order valence-corrected chi connectivity index (χ2v) is 9.28. The summed E-state index contributed by atoms with van der Waals surface area (Å²) in [5.41, 5.74) is 3.45. The molecule has 1 aliphatic heterocycles. The van der Waals surface area contributed by atoms with E-state index in [1.54, 1.807) is 24.3 Å². The van der Waals surface area contributed by atoms with Crippen molar-refractivity contribution in [1.82, 2.24) is 20.9 Å². The molecule has 3 atom stereocenters. The predicted molar refractivity (Wildman–Crippen MR) is 132 cm³/mol. The van der Waals surface area contributed by atoms with E-state index in [9.17, 15) is 14.4 Å². The van der Waals surface area contributed by atoms with Crippen LogP contribution in [-0.4, -0.2) is 60.9 Å². The van der Waals surface area contributed by atoms with Crippen molar-refractivity contribution >= 4 is 17.7 Å². The van der Waals surface area contributed by atoms with Crippen LogP contribution in [-0.2, 0) is 9.59 Å². The summed E-state index contributed by atoms with van der Waals surface area (Å²) in [5, 5.41) is 18.1. The van der Waals surface area contributed by atoms with Crippen LogP contribution >= 0.6 is 0 Å². The second kappa shape index (κ2) is 11.2. The zero-order valence-electron chi connectivity index (χ0n) is 19.9. The van der Waals surface area contributed by atoms with E-state index in [0.717, 1.165) is 13.0 Å². The van der Waals surface area contributed by atoms with E-state index in [1.807, 2.05) is 6.07 Å². The largest absolute Gasteiger partial charge is 0.353 e. The SMILES string of the molecule is Cc1ccc([C@@H]2C[C@H]2NCCC[C@H](NC(=O)c2ccc(C#N)cc2)C(=O)N2CCNC(=O)C2)cc1. The molecule has 1 saturated heterocycles. The molecule has 182 valence electrons. The lowest BCUT2D eigenvalue weighted by atomic mass is 10.1. The number of nitrogens with one attached hydrogen (secondary N) is 3. The number of carbonyl (C=O) groups is 3. The van der Waals surface area contributed by atoms with Crippen LogP contribution in [0.15, 0.2) is 48.5 Å². The van der Waals surface area contributed by atoms with Crippen molar-refractivity contribution < 1.29 is 14.4 Å². The molecule has 1 saturated carbocycles. The van der Waals surface area contributed by atoms with Gasteiger partial charge in [0, 0.05) is 30.6 Å². The van der Waals surface area contributed by atoms with Crippen LogP contribution in [0.5, 0.6) is 0 Å². The van der Waals surface area contributed by atoms with Gasteiger partial charge in [-0.25, -0.2) is 0 Å². The number of rotatable bonds is 9. The normalized spacial score (nSPS) is 19.9. The molecule has 35 heavy (non-hydrogen) atoms. The van der Waals surface area contributed by atoms with Gasteiger partial charge in [-0.05, 0) is 62.6 Å². The fourth-order valence-electron chi connectivity index (χ4n) is 4.44. The molecule has 1 heterocycles. The van der Waals surface area contributed by atoms with E-state index in [4.69, 9.17) is 5.26 Å². The van der Waals surface area contributed by atoms with Crippen molar-refractivity contribution in [2.75, 3.05) is 26.2 Å². The Labute approximate surface area is 205 Å². The number of piperazine rings is 1. The third kappa shape index (κ3) is 6.46. The fraction of sp³-hybridized carbons (Fsp3) is 0.407. The van der Waals surface area contributed by atoms with Gasteiger partial charge in [-0.15, -0.1) is 0 Å². The van der Waals surface area contributed by atoms with E-state index in [1.165, 1.54) is 16.0 Å². The van der Waals surface area contributed by atoms with Crippen molar-refractivity contribution in [2.24, 2.45) is 0 Å². The molecule has 3 amide bonds. The van der Waals surface area contributed by atoms with E-state index in [2.05, 4.69) is 47.1 Å². The Hall–Kier alpha value is -3.70. The van der Waals surface area contributed by atoms with Crippen molar-refractivity contribution in [2.45, 2.75) is 44.2 Å². The molecule has 0 radical (unpaired) electrons. The molecule has 0 spiro atoms. The van der Waals surface area contributed by atoms with Gasteiger partial charge in [0.05, 0.1) is 18.2 Å². The molecule has 0 aromatic heterocycles. The first-order valence-corrected chi connectivity index (χ1v) is 12.1. The maximum Gasteiger partial charge on any atom is 0.251 e. The van der Waals surface area contributed by atoms with Gasteiger partial charge in [0.2, 0.25) is 11.8 Å². The van der Waals surface area contributed by atoms with E-state index in [-0.39, 0.29) is 24.3 Å². The predicted octanol–water partition coefficient (Wildman–Crippen LogP) is 1.85. The summed E-state index contributed by atoms with van der Waals surface area (Å²) < 4.78 is 0. The van der Waals surface area contributed by atoms with Crippen LogP contribution in [0.3, 0.4) is 0 Å². The van der Waals surface area contributed by atoms with Crippen molar-refractivity contribution in [3.05, 3.63) is 70.8 Å². The minimum Gasteiger partial charge on any atom is -0.353 e. The molecule has 2 fully saturated rings. The minimum absolute atomic E-state index is 0.000619. The summed E-state index contributed by atoms with van der Waals surface area (Å²) in [7, 11) is 0. The number of carbonyl (C=O) groups excluding carboxylic acids is 3. The molecule has 2 aromatic carbocycles. The van der Waals surface area contributed by atoms with Gasteiger partial charge in [-0.2, -0.15) is 5.26 Å². The number of nitriles is 1. The second-order valence-electron chi connectivity index (χ2n) is 9.28. The van der Waals surface area contributed by atoms with E-state index < -0.39 is 6.04 Å². The van der Waals surface area contributed by atoms with Crippen molar-refractivity contribution in [3.8, 4) is 6.07 Å². The highest BCUT2D eigenvalue weighted by Gasteiger charge is 2.37. The van der Waals surface area contributed by atoms with Crippen LogP contribution in [0.4, 0.5) is 0 Å². The monoisotopic (exact) mass is 473 g/mol. The molecule has 4 rings (SSSR count). The first-order chi connectivity index (χ1) is 16.9. The molecule has 2 aromatic rings. The lowest BCUT2D eigenvalue weighted by Crippen LogP contribution is -2.56. The first kappa shape index (κ1) is 24.4. The molecule has 3 N–H and O–H groups in total. The average Bonchev–Trinajstić information content (AvgIpc) is 3.65. The Kier molecular flexibility index (Phi) is 7.78. The topological polar surface area (TPSA) is 114 Å². The highest BCUT2D eigenvalue weighted by molar-refractivity contribution is 5.98. The van der Waals surface area contributed by atoms with Gasteiger partial charge in [0.15, 0.2) is 0 Å². The number of hydrogen-bond donors (Lipinski definition) is 3. The first-order valence-electron chi connectivity index (χ1n) is 12.1. The summed E-state index contributed by atoms with van der Waals surface area (Å²) in [5.74, 6) is -0.287. The Balaban J connectivity index is 1.32. The average molecular weight is 474 g/mol. The fourth-order valence-corrected chi connectivity index (χ4v) is 4.44. The molecular formula is C27H31N5O3. The molecule has 1 aliphatic carbocycles. The maximum atomic E-state index is 13.2. The Morgan fingerprint density at radius 3 is 2.60 bits per heavy atom. The molecule has 8 heteroatoms. The van der Waals surface area contributed by atoms with Gasteiger partial charge < -0.3 is 20.9 Å². The summed E-state index contributed by atoms with van der Waals surface area (Å²) >= 11 is 0. The smallest absolute Gasteiger partial charge is 0.251 e.